The van der Waals surface area contributed by atoms with E-state index >= 15 is 0 Å². The average Bonchev–Trinajstić information content (AvgIpc) is 3.07. The molecular weight excluding hydrogens is 276 g/mol. The molecule has 3 rings (SSSR count). The first-order chi connectivity index (χ1) is 10.8. The highest BCUT2D eigenvalue weighted by Crippen LogP contribution is 2.22. The lowest BCUT2D eigenvalue weighted by atomic mass is 10.2. The fourth-order valence-electron chi connectivity index (χ4n) is 2.72. The zero-order valence-corrected chi connectivity index (χ0v) is 12.5. The summed E-state index contributed by atoms with van der Waals surface area (Å²) in [7, 11) is 0. The number of nitrogens with one attached hydrogen (secondary N) is 2. The van der Waals surface area contributed by atoms with Gasteiger partial charge in [0.15, 0.2) is 0 Å². The summed E-state index contributed by atoms with van der Waals surface area (Å²) < 4.78 is 0. The van der Waals surface area contributed by atoms with Crippen LogP contribution in [0.25, 0.3) is 0 Å². The number of hydrogen-bond donors (Lipinski definition) is 2. The topological polar surface area (TPSA) is 66.9 Å². The number of anilines is 1. The minimum Gasteiger partial charge on any atom is -0.382 e. The van der Waals surface area contributed by atoms with E-state index in [0.29, 0.717) is 18.3 Å². The van der Waals surface area contributed by atoms with Gasteiger partial charge in [0.05, 0.1) is 0 Å². The fraction of sp³-hybridized carbons (Fsp3) is 0.353. The Bertz CT molecular complexity index is 624. The Morgan fingerprint density at radius 3 is 2.68 bits per heavy atom. The van der Waals surface area contributed by atoms with Crippen LogP contribution in [-0.4, -0.2) is 21.9 Å². The van der Waals surface area contributed by atoms with Crippen LogP contribution in [0.4, 0.5) is 5.69 Å². The maximum absolute atomic E-state index is 12.2. The van der Waals surface area contributed by atoms with E-state index in [4.69, 9.17) is 0 Å². The molecule has 5 heteroatoms. The van der Waals surface area contributed by atoms with Gasteiger partial charge in [-0.1, -0.05) is 12.8 Å². The second-order valence-corrected chi connectivity index (χ2v) is 5.59. The smallest absolute Gasteiger partial charge is 0.270 e. The van der Waals surface area contributed by atoms with E-state index in [0.717, 1.165) is 11.3 Å². The third-order valence-corrected chi connectivity index (χ3v) is 3.92. The predicted octanol–water partition coefficient (Wildman–Crippen LogP) is 2.76. The molecule has 1 amide bonds. The van der Waals surface area contributed by atoms with E-state index in [9.17, 15) is 4.79 Å². The molecule has 0 aliphatic heterocycles. The van der Waals surface area contributed by atoms with Crippen molar-refractivity contribution in [2.24, 2.45) is 0 Å². The Morgan fingerprint density at radius 2 is 1.91 bits per heavy atom. The third-order valence-electron chi connectivity index (χ3n) is 3.92. The van der Waals surface area contributed by atoms with Crippen molar-refractivity contribution >= 4 is 11.6 Å². The van der Waals surface area contributed by atoms with Crippen LogP contribution in [-0.2, 0) is 6.54 Å². The largest absolute Gasteiger partial charge is 0.382 e. The van der Waals surface area contributed by atoms with Gasteiger partial charge in [0.1, 0.15) is 5.69 Å². The molecule has 22 heavy (non-hydrogen) atoms. The van der Waals surface area contributed by atoms with Crippen molar-refractivity contribution in [3.63, 3.8) is 0 Å². The molecule has 114 valence electrons. The van der Waals surface area contributed by atoms with Crippen LogP contribution in [0.2, 0.25) is 0 Å². The average molecular weight is 296 g/mol. The molecule has 0 aromatic carbocycles. The highest BCUT2D eigenvalue weighted by atomic mass is 16.1. The summed E-state index contributed by atoms with van der Waals surface area (Å²) >= 11 is 0. The molecular formula is C17H20N4O. The van der Waals surface area contributed by atoms with Gasteiger partial charge < -0.3 is 10.6 Å². The summed E-state index contributed by atoms with van der Waals surface area (Å²) in [4.78, 5) is 20.3. The number of nitrogens with zero attached hydrogens (tertiary/aromatic N) is 2. The van der Waals surface area contributed by atoms with Crippen LogP contribution >= 0.6 is 0 Å². The van der Waals surface area contributed by atoms with Crippen LogP contribution in [0.1, 0.15) is 41.7 Å². The number of amides is 1. The second-order valence-electron chi connectivity index (χ2n) is 5.59. The quantitative estimate of drug-likeness (QED) is 0.890. The van der Waals surface area contributed by atoms with Gasteiger partial charge in [0, 0.05) is 36.9 Å². The first kappa shape index (κ1) is 14.5. The summed E-state index contributed by atoms with van der Waals surface area (Å²) in [5.74, 6) is -0.160. The number of hydrogen-bond acceptors (Lipinski definition) is 4. The number of carbonyl (C=O) groups is 1. The van der Waals surface area contributed by atoms with Gasteiger partial charge >= 0.3 is 0 Å². The molecule has 1 saturated carbocycles. The monoisotopic (exact) mass is 296 g/mol. The van der Waals surface area contributed by atoms with E-state index in [1.807, 2.05) is 24.3 Å². The van der Waals surface area contributed by atoms with Crippen LogP contribution < -0.4 is 10.6 Å². The Morgan fingerprint density at radius 1 is 1.14 bits per heavy atom. The number of carbonyl (C=O) groups excluding carboxylic acids is 1. The molecule has 5 nitrogen and oxygen atoms in total. The molecule has 1 aliphatic carbocycles. The minimum absolute atomic E-state index is 0.160. The lowest BCUT2D eigenvalue weighted by Gasteiger charge is -2.14. The first-order valence-corrected chi connectivity index (χ1v) is 7.71. The molecule has 0 bridgehead atoms. The van der Waals surface area contributed by atoms with Gasteiger partial charge in [0.2, 0.25) is 0 Å². The van der Waals surface area contributed by atoms with Crippen molar-refractivity contribution in [3.8, 4) is 0 Å². The minimum atomic E-state index is -0.160. The second kappa shape index (κ2) is 7.02. The maximum atomic E-state index is 12.2. The van der Waals surface area contributed by atoms with Crippen molar-refractivity contribution in [1.82, 2.24) is 15.3 Å². The van der Waals surface area contributed by atoms with Gasteiger partial charge in [-0.05, 0) is 42.7 Å². The molecule has 0 saturated heterocycles. The third kappa shape index (κ3) is 3.81. The van der Waals surface area contributed by atoms with E-state index in [1.54, 1.807) is 18.6 Å². The predicted molar refractivity (Wildman–Crippen MR) is 85.5 cm³/mol. The molecule has 0 spiro atoms. The maximum Gasteiger partial charge on any atom is 0.270 e. The first-order valence-electron chi connectivity index (χ1n) is 7.71. The molecule has 2 heterocycles. The van der Waals surface area contributed by atoms with Crippen molar-refractivity contribution in [3.05, 3.63) is 54.1 Å². The van der Waals surface area contributed by atoms with Crippen molar-refractivity contribution in [2.75, 3.05) is 5.32 Å². The van der Waals surface area contributed by atoms with Gasteiger partial charge in [0.25, 0.3) is 5.91 Å². The summed E-state index contributed by atoms with van der Waals surface area (Å²) in [6, 6.07) is 8.02. The Hall–Kier alpha value is -2.43. The summed E-state index contributed by atoms with van der Waals surface area (Å²) in [5, 5.41) is 6.36. The Labute approximate surface area is 130 Å². The molecule has 0 atom stereocenters. The molecule has 2 aromatic rings. The van der Waals surface area contributed by atoms with E-state index in [1.165, 1.54) is 25.7 Å². The zero-order chi connectivity index (χ0) is 15.2. The summed E-state index contributed by atoms with van der Waals surface area (Å²) in [6.45, 7) is 0.476. The SMILES string of the molecule is O=C(NCc1ccncc1)c1cc(NC2CCCC2)ccn1. The lowest BCUT2D eigenvalue weighted by Crippen LogP contribution is -2.24. The van der Waals surface area contributed by atoms with Crippen molar-refractivity contribution in [1.29, 1.82) is 0 Å². The van der Waals surface area contributed by atoms with Gasteiger partial charge in [-0.3, -0.25) is 14.8 Å². The lowest BCUT2D eigenvalue weighted by molar-refractivity contribution is 0.0946. The highest BCUT2D eigenvalue weighted by molar-refractivity contribution is 5.93. The molecule has 2 N–H and O–H groups in total. The van der Waals surface area contributed by atoms with Crippen LogP contribution in [0.5, 0.6) is 0 Å². The number of aromatic nitrogens is 2. The van der Waals surface area contributed by atoms with Crippen LogP contribution in [0.15, 0.2) is 42.9 Å². The fourth-order valence-corrected chi connectivity index (χ4v) is 2.72. The molecule has 1 fully saturated rings. The van der Waals surface area contributed by atoms with E-state index < -0.39 is 0 Å². The van der Waals surface area contributed by atoms with Gasteiger partial charge in [-0.25, -0.2) is 0 Å². The normalized spacial score (nSPS) is 14.7. The molecule has 2 aromatic heterocycles. The summed E-state index contributed by atoms with van der Waals surface area (Å²) in [6.07, 6.45) is 10.1. The van der Waals surface area contributed by atoms with Gasteiger partial charge in [-0.2, -0.15) is 0 Å². The van der Waals surface area contributed by atoms with Gasteiger partial charge in [-0.15, -0.1) is 0 Å². The van der Waals surface area contributed by atoms with Crippen molar-refractivity contribution in [2.45, 2.75) is 38.3 Å². The number of rotatable bonds is 5. The molecule has 0 unspecified atom stereocenters. The van der Waals surface area contributed by atoms with Crippen LogP contribution in [0.3, 0.4) is 0 Å². The Kier molecular flexibility index (Phi) is 4.63. The molecule has 1 aliphatic rings. The van der Waals surface area contributed by atoms with Crippen molar-refractivity contribution < 1.29 is 4.79 Å². The Balaban J connectivity index is 1.59. The van der Waals surface area contributed by atoms with E-state index in [2.05, 4.69) is 20.6 Å². The standard InChI is InChI=1S/C17H20N4O/c22-17(20-12-13-5-8-18-9-6-13)16-11-15(7-10-19-16)21-14-3-1-2-4-14/h5-11,14H,1-4,12H2,(H,19,21)(H,20,22). The summed E-state index contributed by atoms with van der Waals surface area (Å²) in [5.41, 5.74) is 2.43. The zero-order valence-electron chi connectivity index (χ0n) is 12.5. The number of pyridine rings is 2. The van der Waals surface area contributed by atoms with Crippen LogP contribution in [0, 0.1) is 0 Å². The highest BCUT2D eigenvalue weighted by Gasteiger charge is 2.15. The van der Waals surface area contributed by atoms with E-state index in [-0.39, 0.29) is 5.91 Å². The molecule has 0 radical (unpaired) electrons.